The number of rotatable bonds is 4. The second-order valence-electron chi connectivity index (χ2n) is 5.45. The summed E-state index contributed by atoms with van der Waals surface area (Å²) < 4.78 is 15.1. The summed E-state index contributed by atoms with van der Waals surface area (Å²) >= 11 is 0. The highest BCUT2D eigenvalue weighted by Crippen LogP contribution is 2.24. The van der Waals surface area contributed by atoms with Crippen molar-refractivity contribution in [2.45, 2.75) is 20.5 Å². The molecule has 0 radical (unpaired) electrons. The zero-order valence-electron chi connectivity index (χ0n) is 13.4. The summed E-state index contributed by atoms with van der Waals surface area (Å²) in [7, 11) is 0. The number of esters is 1. The van der Waals surface area contributed by atoms with Gasteiger partial charge in [-0.3, -0.25) is 10.1 Å². The highest BCUT2D eigenvalue weighted by molar-refractivity contribution is 5.87. The Bertz CT molecular complexity index is 1040. The lowest BCUT2D eigenvalue weighted by molar-refractivity contribution is -0.402. The molecule has 128 valence electrons. The summed E-state index contributed by atoms with van der Waals surface area (Å²) in [4.78, 5) is 33.5. The van der Waals surface area contributed by atoms with Crippen molar-refractivity contribution in [2.24, 2.45) is 0 Å². The third kappa shape index (κ3) is 3.14. The molecule has 0 N–H and O–H groups in total. The molecular formula is C17H13NO7. The number of hydrogen-bond donors (Lipinski definition) is 0. The van der Waals surface area contributed by atoms with Crippen molar-refractivity contribution in [1.29, 1.82) is 0 Å². The lowest BCUT2D eigenvalue weighted by Gasteiger charge is -2.09. The number of carbonyl (C=O) groups is 1. The van der Waals surface area contributed by atoms with Crippen molar-refractivity contribution in [3.63, 3.8) is 0 Å². The second-order valence-corrected chi connectivity index (χ2v) is 5.45. The Hall–Kier alpha value is -3.42. The molecule has 0 aliphatic rings. The largest absolute Gasteiger partial charge is 0.455 e. The van der Waals surface area contributed by atoms with Gasteiger partial charge < -0.3 is 13.6 Å². The number of fused-ring (bicyclic) bond motifs is 1. The predicted molar refractivity (Wildman–Crippen MR) is 86.4 cm³/mol. The van der Waals surface area contributed by atoms with Crippen LogP contribution in [0.25, 0.3) is 11.0 Å². The molecule has 0 spiro atoms. The number of hydrogen-bond acceptors (Lipinski definition) is 7. The van der Waals surface area contributed by atoms with Gasteiger partial charge in [-0.15, -0.1) is 0 Å². The van der Waals surface area contributed by atoms with E-state index in [-0.39, 0.29) is 12.4 Å². The molecule has 0 saturated carbocycles. The molecular weight excluding hydrogens is 330 g/mol. The Kier molecular flexibility index (Phi) is 4.10. The molecule has 0 aliphatic heterocycles. The van der Waals surface area contributed by atoms with Crippen molar-refractivity contribution in [3.05, 3.63) is 73.3 Å². The molecule has 2 heterocycles. The molecule has 3 rings (SSSR count). The fraction of sp³-hybridized carbons (Fsp3) is 0.176. The Labute approximate surface area is 140 Å². The van der Waals surface area contributed by atoms with Gasteiger partial charge in [-0.2, -0.15) is 0 Å². The van der Waals surface area contributed by atoms with E-state index >= 15 is 0 Å². The molecule has 1 aromatic carbocycles. The van der Waals surface area contributed by atoms with E-state index in [0.717, 1.165) is 23.3 Å². The molecule has 0 atom stereocenters. The van der Waals surface area contributed by atoms with Gasteiger partial charge in [-0.1, -0.05) is 12.1 Å². The summed E-state index contributed by atoms with van der Waals surface area (Å²) in [6.07, 6.45) is 0. The van der Waals surface area contributed by atoms with Crippen LogP contribution < -0.4 is 5.63 Å². The van der Waals surface area contributed by atoms with Gasteiger partial charge in [0.25, 0.3) is 0 Å². The molecule has 0 bridgehead atoms. The zero-order valence-corrected chi connectivity index (χ0v) is 13.4. The van der Waals surface area contributed by atoms with E-state index in [4.69, 9.17) is 13.6 Å². The van der Waals surface area contributed by atoms with Crippen LogP contribution in [0.2, 0.25) is 0 Å². The first-order chi connectivity index (χ1) is 11.9. The minimum absolute atomic E-state index is 0.196. The van der Waals surface area contributed by atoms with Gasteiger partial charge in [0, 0.05) is 17.0 Å². The first-order valence-corrected chi connectivity index (χ1v) is 7.31. The molecule has 25 heavy (non-hydrogen) atoms. The fourth-order valence-corrected chi connectivity index (χ4v) is 2.39. The van der Waals surface area contributed by atoms with Crippen molar-refractivity contribution < 1.29 is 23.3 Å². The van der Waals surface area contributed by atoms with Crippen molar-refractivity contribution in [2.75, 3.05) is 0 Å². The molecule has 8 nitrogen and oxygen atoms in total. The van der Waals surface area contributed by atoms with Gasteiger partial charge >= 0.3 is 17.5 Å². The standard InChI is InChI=1S/C17H13NO7/c1-9-3-4-12-11(7-15(19)25-16(12)10(9)2)8-23-17(20)13-5-6-14(24-13)18(21)22/h3-7H,8H2,1-2H3. The van der Waals surface area contributed by atoms with E-state index in [1.807, 2.05) is 19.9 Å². The smallest absolute Gasteiger partial charge is 0.433 e. The Morgan fingerprint density at radius 2 is 1.96 bits per heavy atom. The van der Waals surface area contributed by atoms with Gasteiger partial charge in [0.05, 0.1) is 6.07 Å². The zero-order chi connectivity index (χ0) is 18.1. The lowest BCUT2D eigenvalue weighted by Crippen LogP contribution is -2.08. The van der Waals surface area contributed by atoms with E-state index in [1.54, 1.807) is 6.07 Å². The first kappa shape index (κ1) is 16.4. The molecule has 0 fully saturated rings. The van der Waals surface area contributed by atoms with Gasteiger partial charge in [-0.25, -0.2) is 9.59 Å². The number of nitro groups is 1. The van der Waals surface area contributed by atoms with Crippen LogP contribution in [0.5, 0.6) is 0 Å². The minimum Gasteiger partial charge on any atom is -0.455 e. The van der Waals surface area contributed by atoms with Crippen LogP contribution in [0.3, 0.4) is 0 Å². The monoisotopic (exact) mass is 343 g/mol. The third-order valence-electron chi connectivity index (χ3n) is 3.85. The Morgan fingerprint density at radius 3 is 2.64 bits per heavy atom. The van der Waals surface area contributed by atoms with E-state index in [1.165, 1.54) is 6.07 Å². The highest BCUT2D eigenvalue weighted by atomic mass is 16.7. The molecule has 8 heteroatoms. The summed E-state index contributed by atoms with van der Waals surface area (Å²) in [6.45, 7) is 3.53. The van der Waals surface area contributed by atoms with Gasteiger partial charge in [0.2, 0.25) is 5.76 Å². The maximum Gasteiger partial charge on any atom is 0.433 e. The fourth-order valence-electron chi connectivity index (χ4n) is 2.39. The Morgan fingerprint density at radius 1 is 1.20 bits per heavy atom. The molecule has 2 aromatic heterocycles. The maximum absolute atomic E-state index is 12.0. The molecule has 0 amide bonds. The van der Waals surface area contributed by atoms with Crippen molar-refractivity contribution in [1.82, 2.24) is 0 Å². The minimum atomic E-state index is -0.863. The maximum atomic E-state index is 12.0. The summed E-state index contributed by atoms with van der Waals surface area (Å²) in [6, 6.07) is 7.12. The van der Waals surface area contributed by atoms with E-state index < -0.39 is 22.4 Å². The number of benzene rings is 1. The van der Waals surface area contributed by atoms with E-state index in [9.17, 15) is 19.7 Å². The van der Waals surface area contributed by atoms with Gasteiger partial charge in [0.1, 0.15) is 17.1 Å². The first-order valence-electron chi connectivity index (χ1n) is 7.31. The number of ether oxygens (including phenoxy) is 1. The van der Waals surface area contributed by atoms with Crippen LogP contribution in [0.15, 0.2) is 44.0 Å². The number of nitrogens with zero attached hydrogens (tertiary/aromatic N) is 1. The third-order valence-corrected chi connectivity index (χ3v) is 3.85. The molecule has 3 aromatic rings. The quantitative estimate of drug-likeness (QED) is 0.309. The van der Waals surface area contributed by atoms with Gasteiger partial charge in [0.15, 0.2) is 0 Å². The van der Waals surface area contributed by atoms with Crippen LogP contribution in [0, 0.1) is 24.0 Å². The predicted octanol–water partition coefficient (Wildman–Crippen LogP) is 3.27. The Balaban J connectivity index is 1.88. The van der Waals surface area contributed by atoms with Crippen LogP contribution >= 0.6 is 0 Å². The van der Waals surface area contributed by atoms with Crippen molar-refractivity contribution in [3.8, 4) is 0 Å². The second kappa shape index (κ2) is 6.23. The van der Waals surface area contributed by atoms with Crippen LogP contribution in [-0.2, 0) is 11.3 Å². The lowest BCUT2D eigenvalue weighted by atomic mass is 10.0. The van der Waals surface area contributed by atoms with E-state index in [2.05, 4.69) is 0 Å². The van der Waals surface area contributed by atoms with E-state index in [0.29, 0.717) is 16.5 Å². The SMILES string of the molecule is Cc1ccc2c(COC(=O)c3ccc([N+](=O)[O-])o3)cc(=O)oc2c1C. The topological polar surface area (TPSA) is 113 Å². The van der Waals surface area contributed by atoms with Crippen molar-refractivity contribution >= 4 is 22.8 Å². The summed E-state index contributed by atoms with van der Waals surface area (Å²) in [5.74, 6) is -1.70. The summed E-state index contributed by atoms with van der Waals surface area (Å²) in [5.41, 5.74) is 2.15. The normalized spacial score (nSPS) is 10.8. The van der Waals surface area contributed by atoms with Crippen LogP contribution in [0.4, 0.5) is 5.88 Å². The van der Waals surface area contributed by atoms with Crippen LogP contribution in [0.1, 0.15) is 27.2 Å². The molecule has 0 aliphatic carbocycles. The number of aryl methyl sites for hydroxylation is 2. The number of furan rings is 1. The summed E-state index contributed by atoms with van der Waals surface area (Å²) in [5, 5.41) is 11.2. The highest BCUT2D eigenvalue weighted by Gasteiger charge is 2.19. The average Bonchev–Trinajstić information content (AvgIpc) is 3.06. The van der Waals surface area contributed by atoms with Gasteiger partial charge in [-0.05, 0) is 31.0 Å². The van der Waals surface area contributed by atoms with Crippen LogP contribution in [-0.4, -0.2) is 10.9 Å². The molecule has 0 unspecified atom stereocenters. The number of carbonyl (C=O) groups excluding carboxylic acids is 1. The molecule has 0 saturated heterocycles. The average molecular weight is 343 g/mol.